The van der Waals surface area contributed by atoms with E-state index in [4.69, 9.17) is 16.3 Å². The predicted molar refractivity (Wildman–Crippen MR) is 116 cm³/mol. The van der Waals surface area contributed by atoms with Crippen LogP contribution in [-0.4, -0.2) is 22.5 Å². The van der Waals surface area contributed by atoms with Crippen molar-refractivity contribution in [2.75, 3.05) is 18.3 Å². The van der Waals surface area contributed by atoms with Crippen molar-refractivity contribution in [1.29, 1.82) is 0 Å². The molecule has 6 heteroatoms. The molecule has 1 aromatic carbocycles. The number of alkyl halides is 1. The van der Waals surface area contributed by atoms with Crippen LogP contribution < -0.4 is 26.2 Å². The van der Waals surface area contributed by atoms with Gasteiger partial charge in [-0.3, -0.25) is 4.79 Å². The van der Waals surface area contributed by atoms with E-state index in [0.29, 0.717) is 23.6 Å². The number of benzene rings is 1. The Morgan fingerprint density at radius 1 is 1.29 bits per heavy atom. The molecule has 28 heavy (non-hydrogen) atoms. The average Bonchev–Trinajstić information content (AvgIpc) is 2.73. The summed E-state index contributed by atoms with van der Waals surface area (Å²) >= 11 is 5.91. The zero-order valence-corrected chi connectivity index (χ0v) is 16.7. The Hall–Kier alpha value is -3.05. The number of aromatic nitrogens is 2. The fourth-order valence-electron chi connectivity index (χ4n) is 3.17. The summed E-state index contributed by atoms with van der Waals surface area (Å²) in [5, 5.41) is 6.30. The number of pyridine rings is 2. The molecule has 0 bridgehead atoms. The Bertz CT molecular complexity index is 1180. The highest BCUT2D eigenvalue weighted by Crippen LogP contribution is 2.16. The first-order valence-electron chi connectivity index (χ1n) is 8.84. The van der Waals surface area contributed by atoms with Crippen molar-refractivity contribution in [3.8, 4) is 5.75 Å². The molecular weight excluding hydrogens is 374 g/mol. The number of hydrogen-bond acceptors (Lipinski definition) is 4. The van der Waals surface area contributed by atoms with Crippen molar-refractivity contribution in [3.05, 3.63) is 75.7 Å². The Morgan fingerprint density at radius 3 is 2.68 bits per heavy atom. The fourth-order valence-corrected chi connectivity index (χ4v) is 3.32. The summed E-state index contributed by atoms with van der Waals surface area (Å²) in [5.74, 6) is 1.66. The lowest BCUT2D eigenvalue weighted by Gasteiger charge is -2.11. The zero-order valence-electron chi connectivity index (χ0n) is 15.9. The summed E-state index contributed by atoms with van der Waals surface area (Å²) < 4.78 is 6.78. The van der Waals surface area contributed by atoms with Gasteiger partial charge in [-0.2, -0.15) is 0 Å². The minimum atomic E-state index is -0.127. The minimum absolute atomic E-state index is 0.127. The molecule has 0 saturated carbocycles. The molecule has 0 aliphatic carbocycles. The summed E-state index contributed by atoms with van der Waals surface area (Å²) in [6.07, 6.45) is 7.11. The van der Waals surface area contributed by atoms with Crippen LogP contribution in [0.15, 0.2) is 54.0 Å². The SMILES string of the molecule is C=C/C=c1\c(=C/CCl)n(C)c(=O)c2c(NCc3ccc(OC)cc3)nccc12. The Kier molecular flexibility index (Phi) is 6.16. The summed E-state index contributed by atoms with van der Waals surface area (Å²) in [5.41, 5.74) is 0.930. The van der Waals surface area contributed by atoms with E-state index in [0.717, 1.165) is 27.3 Å². The van der Waals surface area contributed by atoms with Crippen LogP contribution in [0.1, 0.15) is 5.56 Å². The second-order valence-electron chi connectivity index (χ2n) is 6.21. The van der Waals surface area contributed by atoms with Gasteiger partial charge in [0.15, 0.2) is 0 Å². The van der Waals surface area contributed by atoms with Crippen LogP contribution in [0.25, 0.3) is 22.9 Å². The van der Waals surface area contributed by atoms with Gasteiger partial charge in [0, 0.05) is 41.6 Å². The molecule has 0 aliphatic rings. The molecule has 0 fully saturated rings. The van der Waals surface area contributed by atoms with Gasteiger partial charge in [0.05, 0.1) is 12.5 Å². The molecule has 0 radical (unpaired) electrons. The highest BCUT2D eigenvalue weighted by atomic mass is 35.5. The van der Waals surface area contributed by atoms with Gasteiger partial charge in [0.2, 0.25) is 0 Å². The molecule has 2 aromatic heterocycles. The molecule has 0 spiro atoms. The topological polar surface area (TPSA) is 56.2 Å². The van der Waals surface area contributed by atoms with Crippen LogP contribution in [0.5, 0.6) is 5.75 Å². The second-order valence-corrected chi connectivity index (χ2v) is 6.52. The predicted octanol–water partition coefficient (Wildman–Crippen LogP) is 2.54. The van der Waals surface area contributed by atoms with Crippen LogP contribution in [0.3, 0.4) is 0 Å². The molecular formula is C22H22ClN3O2. The number of ether oxygens (including phenoxy) is 1. The van der Waals surface area contributed by atoms with E-state index < -0.39 is 0 Å². The Labute approximate surface area is 168 Å². The number of nitrogens with one attached hydrogen (secondary N) is 1. The van der Waals surface area contributed by atoms with Crippen LogP contribution in [0.2, 0.25) is 0 Å². The van der Waals surface area contributed by atoms with Crippen molar-refractivity contribution in [1.82, 2.24) is 9.55 Å². The van der Waals surface area contributed by atoms with Gasteiger partial charge >= 0.3 is 0 Å². The quantitative estimate of drug-likeness (QED) is 0.652. The van der Waals surface area contributed by atoms with Gasteiger partial charge in [0.1, 0.15) is 11.6 Å². The molecule has 3 aromatic rings. The number of anilines is 1. The minimum Gasteiger partial charge on any atom is -0.497 e. The van der Waals surface area contributed by atoms with E-state index in [9.17, 15) is 4.79 Å². The first-order chi connectivity index (χ1) is 13.6. The Balaban J connectivity index is 2.14. The number of nitrogens with zero attached hydrogens (tertiary/aromatic N) is 2. The van der Waals surface area contributed by atoms with Crippen molar-refractivity contribution in [2.45, 2.75) is 6.54 Å². The van der Waals surface area contributed by atoms with Crippen LogP contribution in [0.4, 0.5) is 5.82 Å². The maximum atomic E-state index is 13.1. The van der Waals surface area contributed by atoms with Gasteiger partial charge in [-0.15, -0.1) is 11.6 Å². The maximum Gasteiger partial charge on any atom is 0.262 e. The van der Waals surface area contributed by atoms with Gasteiger partial charge in [0.25, 0.3) is 5.56 Å². The molecule has 0 aliphatic heterocycles. The molecule has 0 atom stereocenters. The average molecular weight is 396 g/mol. The van der Waals surface area contributed by atoms with E-state index >= 15 is 0 Å². The smallest absolute Gasteiger partial charge is 0.262 e. The first kappa shape index (κ1) is 19.7. The van der Waals surface area contributed by atoms with Crippen molar-refractivity contribution >= 4 is 40.3 Å². The first-order valence-corrected chi connectivity index (χ1v) is 9.37. The third-order valence-electron chi connectivity index (χ3n) is 4.57. The molecule has 2 heterocycles. The van der Waals surface area contributed by atoms with Crippen molar-refractivity contribution in [2.24, 2.45) is 7.05 Å². The number of hydrogen-bond donors (Lipinski definition) is 1. The maximum absolute atomic E-state index is 13.1. The molecule has 1 N–H and O–H groups in total. The van der Waals surface area contributed by atoms with Gasteiger partial charge < -0.3 is 14.6 Å². The monoisotopic (exact) mass is 395 g/mol. The van der Waals surface area contributed by atoms with Crippen LogP contribution in [0, 0.1) is 0 Å². The lowest BCUT2D eigenvalue weighted by Crippen LogP contribution is -2.42. The summed E-state index contributed by atoms with van der Waals surface area (Å²) in [6, 6.07) is 9.59. The third kappa shape index (κ3) is 3.80. The standard InChI is InChI=1S/C22H22ClN3O2/c1-4-5-17-18-11-13-24-21(20(18)22(27)26(2)19(17)10-12-23)25-14-15-6-8-16(28-3)9-7-15/h4-11,13H,1,12,14H2,2-3H3,(H,24,25)/b17-5-,19-10+. The molecule has 5 nitrogen and oxygen atoms in total. The highest BCUT2D eigenvalue weighted by Gasteiger charge is 2.11. The molecule has 0 saturated heterocycles. The van der Waals surface area contributed by atoms with Gasteiger partial charge in [-0.25, -0.2) is 4.98 Å². The second kappa shape index (κ2) is 8.76. The lowest BCUT2D eigenvalue weighted by molar-refractivity contribution is 0.414. The van der Waals surface area contributed by atoms with Crippen molar-refractivity contribution < 1.29 is 4.74 Å². The van der Waals surface area contributed by atoms with E-state index in [1.807, 2.05) is 42.5 Å². The number of halogens is 1. The Morgan fingerprint density at radius 2 is 2.04 bits per heavy atom. The van der Waals surface area contributed by atoms with E-state index in [1.165, 1.54) is 0 Å². The number of rotatable bonds is 6. The molecule has 0 amide bonds. The van der Waals surface area contributed by atoms with Crippen LogP contribution in [-0.2, 0) is 13.6 Å². The largest absolute Gasteiger partial charge is 0.497 e. The molecule has 0 unspecified atom stereocenters. The third-order valence-corrected chi connectivity index (χ3v) is 4.73. The van der Waals surface area contributed by atoms with Crippen LogP contribution >= 0.6 is 11.6 Å². The van der Waals surface area contributed by atoms with Crippen molar-refractivity contribution in [3.63, 3.8) is 0 Å². The lowest BCUT2D eigenvalue weighted by atomic mass is 10.1. The highest BCUT2D eigenvalue weighted by molar-refractivity contribution is 6.20. The molecule has 3 rings (SSSR count). The number of methoxy groups -OCH3 is 1. The van der Waals surface area contributed by atoms with Gasteiger partial charge in [-0.05, 0) is 29.8 Å². The summed E-state index contributed by atoms with van der Waals surface area (Å²) in [4.78, 5) is 17.5. The number of fused-ring (bicyclic) bond motifs is 1. The van der Waals surface area contributed by atoms with Gasteiger partial charge in [-0.1, -0.05) is 30.9 Å². The van der Waals surface area contributed by atoms with E-state index in [-0.39, 0.29) is 5.56 Å². The fraction of sp³-hybridized carbons (Fsp3) is 0.182. The molecule has 144 valence electrons. The summed E-state index contributed by atoms with van der Waals surface area (Å²) in [6.45, 7) is 4.33. The summed E-state index contributed by atoms with van der Waals surface area (Å²) in [7, 11) is 3.37. The normalized spacial score (nSPS) is 12.4. The van der Waals surface area contributed by atoms with E-state index in [1.54, 1.807) is 31.0 Å². The van der Waals surface area contributed by atoms with E-state index in [2.05, 4.69) is 16.9 Å². The zero-order chi connectivity index (χ0) is 20.1. The number of allylic oxidation sites excluding steroid dienone is 1.